The van der Waals surface area contributed by atoms with Gasteiger partial charge < -0.3 is 10.6 Å². The summed E-state index contributed by atoms with van der Waals surface area (Å²) in [5.74, 6) is 2.74. The number of fused-ring (bicyclic) bond motifs is 1. The van der Waals surface area contributed by atoms with E-state index in [4.69, 9.17) is 5.73 Å². The Hall–Kier alpha value is -0.570. The van der Waals surface area contributed by atoms with Crippen molar-refractivity contribution in [3.05, 3.63) is 0 Å². The van der Waals surface area contributed by atoms with Crippen molar-refractivity contribution in [3.8, 4) is 0 Å². The Balaban J connectivity index is 1.68. The van der Waals surface area contributed by atoms with Crippen LogP contribution in [-0.2, 0) is 4.79 Å². The van der Waals surface area contributed by atoms with Gasteiger partial charge in [0.05, 0.1) is 5.41 Å². The van der Waals surface area contributed by atoms with E-state index < -0.39 is 0 Å². The number of nitrogens with two attached hydrogens (primary N) is 1. The lowest BCUT2D eigenvalue weighted by Gasteiger charge is -2.40. The van der Waals surface area contributed by atoms with Gasteiger partial charge in [-0.15, -0.1) is 0 Å². The molecule has 3 heteroatoms. The zero-order chi connectivity index (χ0) is 13.5. The molecule has 3 aliphatic rings. The second-order valence-electron chi connectivity index (χ2n) is 7.33. The Morgan fingerprint density at radius 2 is 1.74 bits per heavy atom. The highest BCUT2D eigenvalue weighted by Crippen LogP contribution is 2.43. The van der Waals surface area contributed by atoms with Gasteiger partial charge in [-0.3, -0.25) is 4.79 Å². The molecule has 0 radical (unpaired) electrons. The Morgan fingerprint density at radius 1 is 1.16 bits per heavy atom. The summed E-state index contributed by atoms with van der Waals surface area (Å²) in [4.78, 5) is 15.1. The third-order valence-corrected chi connectivity index (χ3v) is 6.09. The lowest BCUT2D eigenvalue weighted by molar-refractivity contribution is -0.143. The molecule has 108 valence electrons. The standard InChI is InChI=1S/C16H28N2O/c1-12-5-7-16(11-17,8-6-12)15(19)18-9-13-3-2-4-14(13)10-18/h12-14H,2-11,17H2,1H3. The van der Waals surface area contributed by atoms with E-state index in [-0.39, 0.29) is 5.41 Å². The van der Waals surface area contributed by atoms with Crippen molar-refractivity contribution in [1.82, 2.24) is 4.90 Å². The van der Waals surface area contributed by atoms with Gasteiger partial charge in [0.25, 0.3) is 0 Å². The van der Waals surface area contributed by atoms with Crippen LogP contribution in [0.1, 0.15) is 51.9 Å². The molecule has 0 aromatic carbocycles. The zero-order valence-corrected chi connectivity index (χ0v) is 12.2. The highest BCUT2D eigenvalue weighted by Gasteiger charge is 2.46. The monoisotopic (exact) mass is 264 g/mol. The van der Waals surface area contributed by atoms with Gasteiger partial charge in [-0.05, 0) is 56.3 Å². The summed E-state index contributed by atoms with van der Waals surface area (Å²) in [5.41, 5.74) is 5.80. The highest BCUT2D eigenvalue weighted by molar-refractivity contribution is 5.83. The molecule has 2 aliphatic carbocycles. The van der Waals surface area contributed by atoms with Crippen molar-refractivity contribution in [2.24, 2.45) is 28.9 Å². The van der Waals surface area contributed by atoms with Gasteiger partial charge in [0.1, 0.15) is 0 Å². The van der Waals surface area contributed by atoms with Crippen LogP contribution >= 0.6 is 0 Å². The minimum Gasteiger partial charge on any atom is -0.342 e. The van der Waals surface area contributed by atoms with Crippen LogP contribution in [0, 0.1) is 23.2 Å². The molecule has 2 N–H and O–H groups in total. The van der Waals surface area contributed by atoms with Gasteiger partial charge in [-0.2, -0.15) is 0 Å². The largest absolute Gasteiger partial charge is 0.342 e. The predicted octanol–water partition coefficient (Wildman–Crippen LogP) is 2.40. The van der Waals surface area contributed by atoms with Gasteiger partial charge in [0, 0.05) is 19.6 Å². The average molecular weight is 264 g/mol. The van der Waals surface area contributed by atoms with Crippen LogP contribution < -0.4 is 5.73 Å². The van der Waals surface area contributed by atoms with Crippen molar-refractivity contribution in [3.63, 3.8) is 0 Å². The van der Waals surface area contributed by atoms with E-state index in [1.165, 1.54) is 32.1 Å². The van der Waals surface area contributed by atoms with E-state index in [1.807, 2.05) is 0 Å². The van der Waals surface area contributed by atoms with E-state index in [9.17, 15) is 4.79 Å². The first-order valence-electron chi connectivity index (χ1n) is 8.14. The minimum absolute atomic E-state index is 0.217. The quantitative estimate of drug-likeness (QED) is 0.832. The lowest BCUT2D eigenvalue weighted by atomic mass is 9.70. The Kier molecular flexibility index (Phi) is 3.59. The van der Waals surface area contributed by atoms with E-state index in [1.54, 1.807) is 0 Å². The number of hydrogen-bond acceptors (Lipinski definition) is 2. The normalized spacial score (nSPS) is 42.4. The molecule has 0 aromatic rings. The first-order chi connectivity index (χ1) is 9.14. The zero-order valence-electron chi connectivity index (χ0n) is 12.2. The maximum Gasteiger partial charge on any atom is 0.230 e. The summed E-state index contributed by atoms with van der Waals surface area (Å²) >= 11 is 0. The number of amides is 1. The summed E-state index contributed by atoms with van der Waals surface area (Å²) < 4.78 is 0. The molecule has 1 amide bonds. The molecule has 1 heterocycles. The molecular formula is C16H28N2O. The predicted molar refractivity (Wildman–Crippen MR) is 76.5 cm³/mol. The van der Waals surface area contributed by atoms with Crippen LogP contribution in [0.5, 0.6) is 0 Å². The molecule has 0 spiro atoms. The number of carbonyl (C=O) groups is 1. The second-order valence-corrected chi connectivity index (χ2v) is 7.33. The third-order valence-electron chi connectivity index (χ3n) is 6.09. The molecule has 19 heavy (non-hydrogen) atoms. The highest BCUT2D eigenvalue weighted by atomic mass is 16.2. The van der Waals surface area contributed by atoms with Gasteiger partial charge >= 0.3 is 0 Å². The maximum atomic E-state index is 12.9. The summed E-state index contributed by atoms with van der Waals surface area (Å²) in [7, 11) is 0. The van der Waals surface area contributed by atoms with Crippen LogP contribution in [-0.4, -0.2) is 30.4 Å². The molecular weight excluding hydrogens is 236 g/mol. The Labute approximate surface area is 116 Å². The number of carbonyl (C=O) groups excluding carboxylic acids is 1. The molecule has 2 saturated carbocycles. The van der Waals surface area contributed by atoms with Crippen LogP contribution in [0.2, 0.25) is 0 Å². The van der Waals surface area contributed by atoms with Crippen molar-refractivity contribution in [2.75, 3.05) is 19.6 Å². The molecule has 2 unspecified atom stereocenters. The van der Waals surface area contributed by atoms with Gasteiger partial charge in [-0.1, -0.05) is 13.3 Å². The van der Waals surface area contributed by atoms with Crippen LogP contribution in [0.3, 0.4) is 0 Å². The van der Waals surface area contributed by atoms with E-state index >= 15 is 0 Å². The smallest absolute Gasteiger partial charge is 0.230 e. The molecule has 3 nitrogen and oxygen atoms in total. The van der Waals surface area contributed by atoms with E-state index in [0.29, 0.717) is 12.5 Å². The van der Waals surface area contributed by atoms with Crippen molar-refractivity contribution in [1.29, 1.82) is 0 Å². The summed E-state index contributed by atoms with van der Waals surface area (Å²) in [6, 6.07) is 0. The van der Waals surface area contributed by atoms with Gasteiger partial charge in [-0.25, -0.2) is 0 Å². The first kappa shape index (κ1) is 13.4. The Bertz CT molecular complexity index is 335. The van der Waals surface area contributed by atoms with Crippen LogP contribution in [0.15, 0.2) is 0 Å². The SMILES string of the molecule is CC1CCC(CN)(C(=O)N2CC3CCCC3C2)CC1. The maximum absolute atomic E-state index is 12.9. The number of likely N-dealkylation sites (tertiary alicyclic amines) is 1. The molecule has 0 bridgehead atoms. The van der Waals surface area contributed by atoms with E-state index in [2.05, 4.69) is 11.8 Å². The molecule has 3 fully saturated rings. The topological polar surface area (TPSA) is 46.3 Å². The summed E-state index contributed by atoms with van der Waals surface area (Å²) in [6.07, 6.45) is 8.40. The fourth-order valence-corrected chi connectivity index (χ4v) is 4.56. The third kappa shape index (κ3) is 2.31. The molecule has 1 aliphatic heterocycles. The summed E-state index contributed by atoms with van der Waals surface area (Å²) in [6.45, 7) is 4.87. The average Bonchev–Trinajstić information content (AvgIpc) is 3.00. The van der Waals surface area contributed by atoms with Crippen molar-refractivity contribution >= 4 is 5.91 Å². The molecule has 2 atom stereocenters. The van der Waals surface area contributed by atoms with Crippen molar-refractivity contribution in [2.45, 2.75) is 51.9 Å². The van der Waals surface area contributed by atoms with Crippen LogP contribution in [0.4, 0.5) is 0 Å². The second kappa shape index (κ2) is 5.08. The summed E-state index contributed by atoms with van der Waals surface area (Å²) in [5, 5.41) is 0. The van der Waals surface area contributed by atoms with Gasteiger partial charge in [0.15, 0.2) is 0 Å². The minimum atomic E-state index is -0.217. The molecule has 3 rings (SSSR count). The number of nitrogens with zero attached hydrogens (tertiary/aromatic N) is 1. The van der Waals surface area contributed by atoms with Crippen molar-refractivity contribution < 1.29 is 4.79 Å². The first-order valence-corrected chi connectivity index (χ1v) is 8.14. The van der Waals surface area contributed by atoms with Crippen LogP contribution in [0.25, 0.3) is 0 Å². The van der Waals surface area contributed by atoms with E-state index in [0.717, 1.165) is 43.7 Å². The number of rotatable bonds is 2. The van der Waals surface area contributed by atoms with Gasteiger partial charge in [0.2, 0.25) is 5.91 Å². The fraction of sp³-hybridized carbons (Fsp3) is 0.938. The number of hydrogen-bond donors (Lipinski definition) is 1. The molecule has 0 aromatic heterocycles. The lowest BCUT2D eigenvalue weighted by Crippen LogP contribution is -2.49. The fourth-order valence-electron chi connectivity index (χ4n) is 4.56. The Morgan fingerprint density at radius 3 is 2.26 bits per heavy atom. The molecule has 1 saturated heterocycles.